The fraction of sp³-hybridized carbons (Fsp3) is 0.273. The van der Waals surface area contributed by atoms with E-state index in [0.717, 1.165) is 5.69 Å². The van der Waals surface area contributed by atoms with Gasteiger partial charge in [-0.1, -0.05) is 11.6 Å². The van der Waals surface area contributed by atoms with Gasteiger partial charge in [0.2, 0.25) is 0 Å². The summed E-state index contributed by atoms with van der Waals surface area (Å²) in [6.45, 7) is 2.16. The molecule has 0 aliphatic rings. The molecule has 0 aliphatic carbocycles. The maximum absolute atomic E-state index is 11.1. The van der Waals surface area contributed by atoms with Gasteiger partial charge in [-0.15, -0.1) is 0 Å². The van der Waals surface area contributed by atoms with Crippen LogP contribution in [0.5, 0.6) is 0 Å². The third-order valence-electron chi connectivity index (χ3n) is 1.80. The Morgan fingerprint density at radius 1 is 1.41 bits per heavy atom. The zero-order chi connectivity index (χ0) is 12.7. The molecule has 17 heavy (non-hydrogen) atoms. The van der Waals surface area contributed by atoms with Gasteiger partial charge < -0.3 is 15.4 Å². The zero-order valence-electron chi connectivity index (χ0n) is 9.33. The molecule has 1 aromatic rings. The number of ether oxygens (including phenoxy) is 1. The molecule has 0 saturated heterocycles. The zero-order valence-corrected chi connectivity index (χ0v) is 10.9. The fourth-order valence-corrected chi connectivity index (χ4v) is 1.39. The van der Waals surface area contributed by atoms with Gasteiger partial charge in [-0.2, -0.15) is 0 Å². The standard InChI is InChI=1S/C11H13ClN2O2S/c1-2-16-10(15)7-13-11(17)14-9-5-3-8(12)4-6-9/h3-6H,2,7H2,1H3,(H2,13,14,17). The van der Waals surface area contributed by atoms with Crippen molar-refractivity contribution in [3.05, 3.63) is 29.3 Å². The summed E-state index contributed by atoms with van der Waals surface area (Å²) in [5, 5.41) is 6.68. The number of rotatable bonds is 4. The molecule has 0 atom stereocenters. The maximum Gasteiger partial charge on any atom is 0.325 e. The van der Waals surface area contributed by atoms with Crippen LogP contribution in [0.3, 0.4) is 0 Å². The van der Waals surface area contributed by atoms with Crippen LogP contribution in [0.25, 0.3) is 0 Å². The van der Waals surface area contributed by atoms with E-state index in [1.807, 2.05) is 0 Å². The Bertz CT molecular complexity index is 395. The second-order valence-electron chi connectivity index (χ2n) is 3.12. The molecule has 0 radical (unpaired) electrons. The summed E-state index contributed by atoms with van der Waals surface area (Å²) < 4.78 is 4.75. The highest BCUT2D eigenvalue weighted by Crippen LogP contribution is 2.12. The molecule has 0 aliphatic heterocycles. The molecule has 0 aromatic heterocycles. The van der Waals surface area contributed by atoms with Crippen molar-refractivity contribution < 1.29 is 9.53 Å². The summed E-state index contributed by atoms with van der Waals surface area (Å²) in [7, 11) is 0. The van der Waals surface area contributed by atoms with Crippen LogP contribution in [-0.4, -0.2) is 24.2 Å². The molecule has 0 heterocycles. The number of hydrogen-bond acceptors (Lipinski definition) is 3. The van der Waals surface area contributed by atoms with Crippen molar-refractivity contribution in [1.82, 2.24) is 5.32 Å². The predicted molar refractivity (Wildman–Crippen MR) is 72.3 cm³/mol. The molecule has 0 fully saturated rings. The van der Waals surface area contributed by atoms with Gasteiger partial charge in [-0.25, -0.2) is 0 Å². The van der Waals surface area contributed by atoms with Crippen LogP contribution in [-0.2, 0) is 9.53 Å². The highest BCUT2D eigenvalue weighted by atomic mass is 35.5. The van der Waals surface area contributed by atoms with E-state index in [4.69, 9.17) is 28.6 Å². The first kappa shape index (κ1) is 13.7. The normalized spacial score (nSPS) is 9.53. The van der Waals surface area contributed by atoms with Crippen molar-refractivity contribution in [2.45, 2.75) is 6.92 Å². The number of nitrogens with one attached hydrogen (secondary N) is 2. The summed E-state index contributed by atoms with van der Waals surface area (Å²) in [4.78, 5) is 11.1. The summed E-state index contributed by atoms with van der Waals surface area (Å²) in [6, 6.07) is 7.08. The Morgan fingerprint density at radius 3 is 2.65 bits per heavy atom. The minimum Gasteiger partial charge on any atom is -0.465 e. The monoisotopic (exact) mass is 272 g/mol. The second-order valence-corrected chi connectivity index (χ2v) is 3.96. The molecule has 0 spiro atoms. The van der Waals surface area contributed by atoms with Crippen molar-refractivity contribution in [3.63, 3.8) is 0 Å². The van der Waals surface area contributed by atoms with Crippen molar-refractivity contribution in [2.24, 2.45) is 0 Å². The number of halogens is 1. The number of anilines is 1. The predicted octanol–water partition coefficient (Wildman–Crippen LogP) is 2.19. The Kier molecular flexibility index (Phi) is 5.72. The minimum absolute atomic E-state index is 0.0489. The third-order valence-corrected chi connectivity index (χ3v) is 2.30. The molecule has 2 N–H and O–H groups in total. The quantitative estimate of drug-likeness (QED) is 0.650. The number of carbonyl (C=O) groups excluding carboxylic acids is 1. The molecular formula is C11H13ClN2O2S. The molecule has 0 unspecified atom stereocenters. The largest absolute Gasteiger partial charge is 0.465 e. The lowest BCUT2D eigenvalue weighted by Gasteiger charge is -2.09. The molecule has 1 rings (SSSR count). The first-order valence-electron chi connectivity index (χ1n) is 5.08. The highest BCUT2D eigenvalue weighted by Gasteiger charge is 2.02. The summed E-state index contributed by atoms with van der Waals surface area (Å²) in [5.74, 6) is -0.340. The smallest absolute Gasteiger partial charge is 0.325 e. The van der Waals surface area contributed by atoms with E-state index < -0.39 is 0 Å². The van der Waals surface area contributed by atoms with Crippen molar-refractivity contribution in [3.8, 4) is 0 Å². The molecule has 0 saturated carbocycles. The van der Waals surface area contributed by atoms with Gasteiger partial charge in [0.15, 0.2) is 5.11 Å². The molecule has 4 nitrogen and oxygen atoms in total. The van der Waals surface area contributed by atoms with Gasteiger partial charge in [0.25, 0.3) is 0 Å². The van der Waals surface area contributed by atoms with Crippen molar-refractivity contribution >= 4 is 40.6 Å². The van der Waals surface area contributed by atoms with E-state index in [9.17, 15) is 4.79 Å². The molecule has 92 valence electrons. The molecule has 0 amide bonds. The van der Waals surface area contributed by atoms with E-state index in [1.54, 1.807) is 31.2 Å². The van der Waals surface area contributed by atoms with E-state index in [1.165, 1.54) is 0 Å². The van der Waals surface area contributed by atoms with Crippen molar-refractivity contribution in [1.29, 1.82) is 0 Å². The van der Waals surface area contributed by atoms with E-state index in [0.29, 0.717) is 16.7 Å². The average Bonchev–Trinajstić information content (AvgIpc) is 2.30. The Labute approximate surface area is 110 Å². The third kappa shape index (κ3) is 5.51. The fourth-order valence-electron chi connectivity index (χ4n) is 1.07. The number of thiocarbonyl (C=S) groups is 1. The minimum atomic E-state index is -0.340. The number of carbonyl (C=O) groups is 1. The van der Waals surface area contributed by atoms with Crippen LogP contribution >= 0.6 is 23.8 Å². The lowest BCUT2D eigenvalue weighted by Crippen LogP contribution is -2.33. The highest BCUT2D eigenvalue weighted by molar-refractivity contribution is 7.80. The Hall–Kier alpha value is -1.33. The van der Waals surface area contributed by atoms with Crippen LogP contribution in [0.2, 0.25) is 5.02 Å². The van der Waals surface area contributed by atoms with Gasteiger partial charge in [0.1, 0.15) is 6.54 Å². The maximum atomic E-state index is 11.1. The SMILES string of the molecule is CCOC(=O)CNC(=S)Nc1ccc(Cl)cc1. The number of hydrogen-bond donors (Lipinski definition) is 2. The van der Waals surface area contributed by atoms with Crippen LogP contribution in [0.1, 0.15) is 6.92 Å². The number of esters is 1. The first-order chi connectivity index (χ1) is 8.11. The Morgan fingerprint density at radius 2 is 2.06 bits per heavy atom. The molecular weight excluding hydrogens is 260 g/mol. The Balaban J connectivity index is 2.34. The van der Waals surface area contributed by atoms with Crippen LogP contribution in [0.4, 0.5) is 5.69 Å². The van der Waals surface area contributed by atoms with Gasteiger partial charge in [-0.05, 0) is 43.4 Å². The van der Waals surface area contributed by atoms with Gasteiger partial charge in [0.05, 0.1) is 6.61 Å². The topological polar surface area (TPSA) is 50.4 Å². The van der Waals surface area contributed by atoms with E-state index in [2.05, 4.69) is 10.6 Å². The summed E-state index contributed by atoms with van der Waals surface area (Å²) >= 11 is 10.8. The van der Waals surface area contributed by atoms with Gasteiger partial charge in [0, 0.05) is 10.7 Å². The van der Waals surface area contributed by atoms with Crippen LogP contribution in [0.15, 0.2) is 24.3 Å². The van der Waals surface area contributed by atoms with E-state index >= 15 is 0 Å². The molecule has 6 heteroatoms. The van der Waals surface area contributed by atoms with Crippen LogP contribution in [0, 0.1) is 0 Å². The van der Waals surface area contributed by atoms with Crippen LogP contribution < -0.4 is 10.6 Å². The lowest BCUT2D eigenvalue weighted by atomic mass is 10.3. The molecule has 0 bridgehead atoms. The summed E-state index contributed by atoms with van der Waals surface area (Å²) in [5.41, 5.74) is 0.802. The average molecular weight is 273 g/mol. The van der Waals surface area contributed by atoms with Crippen molar-refractivity contribution in [2.75, 3.05) is 18.5 Å². The summed E-state index contributed by atoms with van der Waals surface area (Å²) in [6.07, 6.45) is 0. The van der Waals surface area contributed by atoms with Gasteiger partial charge in [-0.3, -0.25) is 4.79 Å². The first-order valence-corrected chi connectivity index (χ1v) is 5.86. The molecule has 1 aromatic carbocycles. The van der Waals surface area contributed by atoms with E-state index in [-0.39, 0.29) is 12.5 Å². The lowest BCUT2D eigenvalue weighted by molar-refractivity contribution is -0.141. The second kappa shape index (κ2) is 7.09. The van der Waals surface area contributed by atoms with Gasteiger partial charge >= 0.3 is 5.97 Å². The number of benzene rings is 1.